The van der Waals surface area contributed by atoms with E-state index in [4.69, 9.17) is 0 Å². The molecule has 1 nitrogen and oxygen atoms in total. The molecular formula is C8H12IN. The van der Waals surface area contributed by atoms with Crippen LogP contribution in [0.2, 0.25) is 0 Å². The summed E-state index contributed by atoms with van der Waals surface area (Å²) in [6.45, 7) is 1.20. The summed E-state index contributed by atoms with van der Waals surface area (Å²) >= 11 is 2.24. The Morgan fingerprint density at radius 3 is 2.30 bits per heavy atom. The van der Waals surface area contributed by atoms with Crippen LogP contribution in [0.3, 0.4) is 0 Å². The van der Waals surface area contributed by atoms with Crippen LogP contribution in [-0.2, 0) is 0 Å². The predicted octanol–water partition coefficient (Wildman–Crippen LogP) is 2.14. The third-order valence-corrected chi connectivity index (χ3v) is 3.17. The van der Waals surface area contributed by atoms with Crippen LogP contribution in [-0.4, -0.2) is 6.54 Å². The number of hydrogen-bond acceptors (Lipinski definition) is 1. The van der Waals surface area contributed by atoms with Crippen LogP contribution in [0.25, 0.3) is 0 Å². The maximum atomic E-state index is 3.22. The average Bonchev–Trinajstić information content (AvgIpc) is 2.14. The van der Waals surface area contributed by atoms with Crippen molar-refractivity contribution in [3.63, 3.8) is 0 Å². The van der Waals surface area contributed by atoms with Crippen LogP contribution in [0.5, 0.6) is 0 Å². The summed E-state index contributed by atoms with van der Waals surface area (Å²) in [4.78, 5) is 0. The highest BCUT2D eigenvalue weighted by molar-refractivity contribution is 14.1. The van der Waals surface area contributed by atoms with Crippen LogP contribution < -0.4 is 3.53 Å². The number of allylic oxidation sites excluding steroid dienone is 2. The van der Waals surface area contributed by atoms with E-state index >= 15 is 0 Å². The number of rotatable bonds is 2. The van der Waals surface area contributed by atoms with E-state index < -0.39 is 0 Å². The van der Waals surface area contributed by atoms with E-state index in [1.807, 2.05) is 0 Å². The molecule has 0 aromatic rings. The largest absolute Gasteiger partial charge is 0.261 e. The fourth-order valence-electron chi connectivity index (χ4n) is 2.07. The van der Waals surface area contributed by atoms with Gasteiger partial charge < -0.3 is 0 Å². The van der Waals surface area contributed by atoms with Crippen molar-refractivity contribution in [1.82, 2.24) is 3.53 Å². The van der Waals surface area contributed by atoms with E-state index in [1.54, 1.807) is 0 Å². The Balaban J connectivity index is 1.85. The van der Waals surface area contributed by atoms with Crippen LogP contribution in [0.4, 0.5) is 0 Å². The Bertz CT molecular complexity index is 141. The molecule has 2 heteroatoms. The lowest BCUT2D eigenvalue weighted by molar-refractivity contribution is 0.501. The molecule has 0 aromatic carbocycles. The van der Waals surface area contributed by atoms with Crippen LogP contribution >= 0.6 is 22.9 Å². The minimum atomic E-state index is 0.946. The molecule has 56 valence electrons. The smallest absolute Gasteiger partial charge is 0.0169 e. The second-order valence-electron chi connectivity index (χ2n) is 3.39. The molecule has 0 spiro atoms. The van der Waals surface area contributed by atoms with E-state index in [0.717, 1.165) is 17.8 Å². The van der Waals surface area contributed by atoms with Crippen molar-refractivity contribution in [3.05, 3.63) is 12.2 Å². The summed E-state index contributed by atoms with van der Waals surface area (Å²) in [6.07, 6.45) is 7.60. The third-order valence-electron chi connectivity index (χ3n) is 2.73. The Hall–Kier alpha value is 0.430. The van der Waals surface area contributed by atoms with Gasteiger partial charge in [-0.25, -0.2) is 0 Å². The first-order valence-corrected chi connectivity index (χ1v) is 5.00. The van der Waals surface area contributed by atoms with Gasteiger partial charge in [0.2, 0.25) is 0 Å². The first-order valence-electron chi connectivity index (χ1n) is 3.92. The third kappa shape index (κ3) is 1.11. The van der Waals surface area contributed by atoms with Crippen molar-refractivity contribution >= 4 is 22.9 Å². The monoisotopic (exact) mass is 249 g/mol. The van der Waals surface area contributed by atoms with E-state index in [9.17, 15) is 0 Å². The first kappa shape index (κ1) is 7.10. The van der Waals surface area contributed by atoms with Gasteiger partial charge in [-0.05, 0) is 30.6 Å². The highest BCUT2D eigenvalue weighted by Crippen LogP contribution is 2.43. The second kappa shape index (κ2) is 2.81. The minimum Gasteiger partial charge on any atom is -0.261 e. The van der Waals surface area contributed by atoms with Gasteiger partial charge in [-0.15, -0.1) is 0 Å². The van der Waals surface area contributed by atoms with Crippen molar-refractivity contribution in [2.45, 2.75) is 12.8 Å². The number of nitrogens with one attached hydrogen (secondary N) is 1. The van der Waals surface area contributed by atoms with Gasteiger partial charge in [-0.1, -0.05) is 12.2 Å². The Kier molecular flexibility index (Phi) is 2.00. The quantitative estimate of drug-likeness (QED) is 0.449. The molecule has 0 aromatic heterocycles. The molecule has 2 atom stereocenters. The fourth-order valence-corrected chi connectivity index (χ4v) is 2.70. The molecule has 2 aliphatic rings. The van der Waals surface area contributed by atoms with Crippen molar-refractivity contribution < 1.29 is 0 Å². The van der Waals surface area contributed by atoms with Gasteiger partial charge in [0.15, 0.2) is 0 Å². The molecular weight excluding hydrogens is 237 g/mol. The minimum absolute atomic E-state index is 0.946. The summed E-state index contributed by atoms with van der Waals surface area (Å²) in [7, 11) is 0. The lowest BCUT2D eigenvalue weighted by Crippen LogP contribution is -2.10. The van der Waals surface area contributed by atoms with Crippen molar-refractivity contribution in [2.75, 3.05) is 6.54 Å². The van der Waals surface area contributed by atoms with Crippen molar-refractivity contribution in [3.8, 4) is 0 Å². The van der Waals surface area contributed by atoms with Gasteiger partial charge in [0, 0.05) is 29.4 Å². The van der Waals surface area contributed by atoms with Gasteiger partial charge in [-0.2, -0.15) is 0 Å². The molecule has 1 fully saturated rings. The summed E-state index contributed by atoms with van der Waals surface area (Å²) in [5.74, 6) is 2.85. The molecule has 0 heterocycles. The molecule has 0 radical (unpaired) electrons. The molecule has 2 rings (SSSR count). The van der Waals surface area contributed by atoms with E-state index in [2.05, 4.69) is 38.5 Å². The normalized spacial score (nSPS) is 43.1. The maximum absolute atomic E-state index is 3.22. The van der Waals surface area contributed by atoms with Crippen LogP contribution in [0.15, 0.2) is 12.2 Å². The first-order chi connectivity index (χ1) is 4.90. The molecule has 0 amide bonds. The van der Waals surface area contributed by atoms with Crippen LogP contribution in [0, 0.1) is 17.8 Å². The van der Waals surface area contributed by atoms with E-state index in [1.165, 1.54) is 19.4 Å². The summed E-state index contributed by atoms with van der Waals surface area (Å²) in [6, 6.07) is 0. The van der Waals surface area contributed by atoms with Crippen molar-refractivity contribution in [1.29, 1.82) is 0 Å². The van der Waals surface area contributed by atoms with E-state index in [0.29, 0.717) is 0 Å². The molecule has 1 saturated carbocycles. The molecule has 0 bridgehead atoms. The highest BCUT2D eigenvalue weighted by Gasteiger charge is 2.34. The van der Waals surface area contributed by atoms with E-state index in [-0.39, 0.29) is 0 Å². The standard InChI is InChI=1S/C8H12IN/c9-10-5-6-3-7-1-2-8(7)4-6/h1-2,6-8,10H,3-5H2. The molecule has 2 unspecified atom stereocenters. The number of halogens is 1. The second-order valence-corrected chi connectivity index (χ2v) is 4.15. The molecule has 2 aliphatic carbocycles. The maximum Gasteiger partial charge on any atom is 0.0169 e. The predicted molar refractivity (Wildman–Crippen MR) is 50.9 cm³/mol. The zero-order chi connectivity index (χ0) is 6.97. The zero-order valence-electron chi connectivity index (χ0n) is 5.89. The van der Waals surface area contributed by atoms with Gasteiger partial charge in [0.25, 0.3) is 0 Å². The molecule has 1 N–H and O–H groups in total. The lowest BCUT2D eigenvalue weighted by Gasteiger charge is -2.19. The summed E-state index contributed by atoms with van der Waals surface area (Å²) < 4.78 is 3.22. The lowest BCUT2D eigenvalue weighted by atomic mass is 9.86. The Morgan fingerprint density at radius 1 is 1.30 bits per heavy atom. The average molecular weight is 249 g/mol. The highest BCUT2D eigenvalue weighted by atomic mass is 127. The SMILES string of the molecule is INCC1CC2C=CC2C1. The zero-order valence-corrected chi connectivity index (χ0v) is 8.04. The van der Waals surface area contributed by atoms with Gasteiger partial charge in [0.05, 0.1) is 0 Å². The summed E-state index contributed by atoms with van der Waals surface area (Å²) in [5, 5.41) is 0. The Morgan fingerprint density at radius 2 is 1.90 bits per heavy atom. The molecule has 0 aliphatic heterocycles. The van der Waals surface area contributed by atoms with Gasteiger partial charge in [-0.3, -0.25) is 3.53 Å². The van der Waals surface area contributed by atoms with Crippen LogP contribution in [0.1, 0.15) is 12.8 Å². The Labute approximate surface area is 75.8 Å². The number of hydrogen-bond donors (Lipinski definition) is 1. The fraction of sp³-hybridized carbons (Fsp3) is 0.750. The van der Waals surface area contributed by atoms with Gasteiger partial charge >= 0.3 is 0 Å². The van der Waals surface area contributed by atoms with Gasteiger partial charge in [0.1, 0.15) is 0 Å². The van der Waals surface area contributed by atoms with Crippen molar-refractivity contribution in [2.24, 2.45) is 17.8 Å². The topological polar surface area (TPSA) is 12.0 Å². The summed E-state index contributed by atoms with van der Waals surface area (Å²) in [5.41, 5.74) is 0. The number of fused-ring (bicyclic) bond motifs is 1. The molecule has 0 saturated heterocycles. The molecule has 10 heavy (non-hydrogen) atoms.